The molecule has 6 N–H and O–H groups in total. The van der Waals surface area contributed by atoms with Crippen molar-refractivity contribution in [1.82, 2.24) is 20.9 Å². The quantitative estimate of drug-likeness (QED) is 0.133. The molecule has 1 heterocycles. The normalized spacial score (nSPS) is 19.6. The van der Waals surface area contributed by atoms with Crippen molar-refractivity contribution in [1.29, 1.82) is 0 Å². The predicted molar refractivity (Wildman–Crippen MR) is 174 cm³/mol. The molecule has 2 aliphatic rings. The largest absolute Gasteiger partial charge is 0.418 e. The van der Waals surface area contributed by atoms with Crippen LogP contribution in [-0.2, 0) is 39.8 Å². The summed E-state index contributed by atoms with van der Waals surface area (Å²) in [6.07, 6.45) is -2.45. The molecule has 3 amide bonds. The van der Waals surface area contributed by atoms with Crippen LogP contribution in [0.3, 0.4) is 0 Å². The molecule has 48 heavy (non-hydrogen) atoms. The summed E-state index contributed by atoms with van der Waals surface area (Å²) in [5.74, 6) is -4.10. The number of para-hydroxylation sites is 1. The van der Waals surface area contributed by atoms with Gasteiger partial charge in [-0.1, -0.05) is 63.5 Å². The van der Waals surface area contributed by atoms with Gasteiger partial charge in [0.2, 0.25) is 17.7 Å². The van der Waals surface area contributed by atoms with Crippen LogP contribution in [0.4, 0.5) is 22.0 Å². The van der Waals surface area contributed by atoms with Crippen LogP contribution in [0.1, 0.15) is 68.3 Å². The first kappa shape index (κ1) is 35.2. The van der Waals surface area contributed by atoms with Gasteiger partial charge in [0.1, 0.15) is 23.2 Å². The molecule has 5 rings (SSSR count). The Balaban J connectivity index is 1.48. The number of aromatic amines is 1. The van der Waals surface area contributed by atoms with E-state index >= 15 is 0 Å². The third kappa shape index (κ3) is 7.48. The van der Waals surface area contributed by atoms with E-state index in [0.29, 0.717) is 30.0 Å². The molecular weight excluding hydrogens is 653 g/mol. The minimum Gasteiger partial charge on any atom is -0.392 e. The number of aryl methyl sites for hydroxylation is 1. The van der Waals surface area contributed by atoms with Gasteiger partial charge in [-0.25, -0.2) is 8.78 Å². The molecule has 4 atom stereocenters. The lowest BCUT2D eigenvalue weighted by Crippen LogP contribution is -2.66. The third-order valence-corrected chi connectivity index (χ3v) is 9.82. The number of fused-ring (bicyclic) bond motifs is 3. The van der Waals surface area contributed by atoms with E-state index in [0.717, 1.165) is 31.0 Å². The van der Waals surface area contributed by atoms with Gasteiger partial charge in [0, 0.05) is 23.1 Å². The highest BCUT2D eigenvalue weighted by atomic mass is 32.1. The summed E-state index contributed by atoms with van der Waals surface area (Å²) in [6, 6.07) is 5.14. The summed E-state index contributed by atoms with van der Waals surface area (Å²) in [4.78, 5) is 44.4. The zero-order chi connectivity index (χ0) is 35.0. The Kier molecular flexibility index (Phi) is 10.1. The number of thiocarbonyl (C=S) groups is 1. The summed E-state index contributed by atoms with van der Waals surface area (Å²) >= 11 is 5.24. The van der Waals surface area contributed by atoms with Gasteiger partial charge < -0.3 is 26.7 Å². The minimum absolute atomic E-state index is 0.0147. The lowest BCUT2D eigenvalue weighted by Gasteiger charge is -2.39. The van der Waals surface area contributed by atoms with E-state index in [-0.39, 0.29) is 35.2 Å². The number of H-pyrrole nitrogens is 1. The number of carbonyl (C=O) groups is 3. The lowest BCUT2D eigenvalue weighted by molar-refractivity contribution is -0.137. The summed E-state index contributed by atoms with van der Waals surface area (Å²) in [7, 11) is 0. The number of amides is 3. The number of hydrogen-bond donors (Lipinski definition) is 5. The fraction of sp³-hybridized carbons (Fsp3) is 0.471. The van der Waals surface area contributed by atoms with Crippen LogP contribution < -0.4 is 21.7 Å². The maximum atomic E-state index is 14.3. The van der Waals surface area contributed by atoms with Crippen LogP contribution in [0.5, 0.6) is 0 Å². The fourth-order valence-electron chi connectivity index (χ4n) is 6.40. The van der Waals surface area contributed by atoms with Crippen molar-refractivity contribution in [2.45, 2.75) is 89.0 Å². The Morgan fingerprint density at radius 1 is 1.08 bits per heavy atom. The van der Waals surface area contributed by atoms with Crippen molar-refractivity contribution in [3.05, 3.63) is 70.4 Å². The number of halogens is 5. The topological polar surface area (TPSA) is 129 Å². The molecule has 14 heteroatoms. The Morgan fingerprint density at radius 2 is 1.75 bits per heavy atom. The number of hydrogen-bond acceptors (Lipinski definition) is 4. The van der Waals surface area contributed by atoms with Crippen molar-refractivity contribution >= 4 is 45.8 Å². The van der Waals surface area contributed by atoms with E-state index in [4.69, 9.17) is 18.0 Å². The van der Waals surface area contributed by atoms with E-state index in [1.165, 1.54) is 18.2 Å². The molecule has 258 valence electrons. The number of nitrogens with two attached hydrogens (primary N) is 1. The Labute approximate surface area is 279 Å². The van der Waals surface area contributed by atoms with Gasteiger partial charge in [0.05, 0.1) is 28.5 Å². The predicted octanol–water partition coefficient (Wildman–Crippen LogP) is 5.15. The third-order valence-electron chi connectivity index (χ3n) is 9.54. The van der Waals surface area contributed by atoms with Crippen LogP contribution in [0.2, 0.25) is 0 Å². The molecule has 8 nitrogen and oxygen atoms in total. The van der Waals surface area contributed by atoms with E-state index < -0.39 is 76.6 Å². The molecule has 0 bridgehead atoms. The zero-order valence-corrected chi connectivity index (χ0v) is 27.3. The number of nitrogens with one attached hydrogen (secondary N) is 4. The molecule has 0 radical (unpaired) electrons. The van der Waals surface area contributed by atoms with Crippen LogP contribution in [-0.4, -0.2) is 45.3 Å². The highest BCUT2D eigenvalue weighted by Gasteiger charge is 2.47. The Bertz CT molecular complexity index is 1720. The molecule has 2 aliphatic carbocycles. The van der Waals surface area contributed by atoms with Gasteiger partial charge in [-0.3, -0.25) is 14.4 Å². The highest BCUT2D eigenvalue weighted by molar-refractivity contribution is 7.80. The average molecular weight is 692 g/mol. The summed E-state index contributed by atoms with van der Waals surface area (Å²) < 4.78 is 70.3. The van der Waals surface area contributed by atoms with Crippen LogP contribution in [0.25, 0.3) is 10.9 Å². The first-order valence-corrected chi connectivity index (χ1v) is 16.4. The van der Waals surface area contributed by atoms with E-state index in [9.17, 15) is 36.3 Å². The standard InChI is InChI=1S/C34H38F5N5O3S/c1-3-17(2)28(43-27(45)15-20-23(35)8-5-9-24(20)36)31(46)44-33(32(47)42-26(30(40)48)14-18-10-11-18)13-12-25-21(16-33)19-6-4-7-22(29(19)41-25)34(37,38)39/h4-9,17-18,26,28,41H,3,10-16H2,1-2H3,(H2,40,48)(H,42,47)(H,43,45)(H,44,46)/t17-,26-,28-,33+/m0/s1. The minimum atomic E-state index is -4.63. The van der Waals surface area contributed by atoms with Crippen molar-refractivity contribution in [2.24, 2.45) is 17.6 Å². The molecule has 1 saturated carbocycles. The molecule has 0 spiro atoms. The van der Waals surface area contributed by atoms with E-state index in [1.54, 1.807) is 13.8 Å². The SMILES string of the molecule is CC[C@H](C)[C@H](NC(=O)Cc1c(F)cccc1F)C(=O)N[C@]1(C(=O)N[C@@H](CC2CC2)C(N)=S)CCc2[nH]c3c(C(F)(F)F)cccc3c2C1. The number of alkyl halides is 3. The number of aromatic nitrogens is 1. The van der Waals surface area contributed by atoms with Gasteiger partial charge in [0.15, 0.2) is 0 Å². The summed E-state index contributed by atoms with van der Waals surface area (Å²) in [6.45, 7) is 3.49. The van der Waals surface area contributed by atoms with Crippen molar-refractivity contribution in [2.75, 3.05) is 0 Å². The lowest BCUT2D eigenvalue weighted by atomic mass is 9.78. The molecule has 0 aliphatic heterocycles. The van der Waals surface area contributed by atoms with Gasteiger partial charge in [0.25, 0.3) is 0 Å². The fourth-order valence-corrected chi connectivity index (χ4v) is 6.55. The van der Waals surface area contributed by atoms with E-state index in [2.05, 4.69) is 20.9 Å². The van der Waals surface area contributed by atoms with Crippen LogP contribution >= 0.6 is 12.2 Å². The second-order valence-corrected chi connectivity index (χ2v) is 13.4. The summed E-state index contributed by atoms with van der Waals surface area (Å²) in [5.41, 5.74) is 3.88. The second-order valence-electron chi connectivity index (χ2n) is 13.0. The van der Waals surface area contributed by atoms with Crippen molar-refractivity contribution < 1.29 is 36.3 Å². The zero-order valence-electron chi connectivity index (χ0n) is 26.5. The average Bonchev–Trinajstić information content (AvgIpc) is 3.78. The van der Waals surface area contributed by atoms with E-state index in [1.807, 2.05) is 0 Å². The van der Waals surface area contributed by atoms with Gasteiger partial charge in [-0.2, -0.15) is 13.2 Å². The first-order chi connectivity index (χ1) is 22.6. The maximum Gasteiger partial charge on any atom is 0.418 e. The molecule has 0 saturated heterocycles. The summed E-state index contributed by atoms with van der Waals surface area (Å²) in [5, 5.41) is 8.62. The Hall–Kier alpha value is -4.07. The van der Waals surface area contributed by atoms with Gasteiger partial charge in [-0.15, -0.1) is 0 Å². The number of carbonyl (C=O) groups excluding carboxylic acids is 3. The van der Waals surface area contributed by atoms with Gasteiger partial charge >= 0.3 is 6.18 Å². The molecule has 1 aromatic heterocycles. The number of rotatable bonds is 12. The molecular formula is C34H38F5N5O3S. The van der Waals surface area contributed by atoms with Crippen LogP contribution in [0.15, 0.2) is 36.4 Å². The molecule has 3 aromatic rings. The molecule has 0 unspecified atom stereocenters. The maximum absolute atomic E-state index is 14.3. The first-order valence-electron chi connectivity index (χ1n) is 16.0. The van der Waals surface area contributed by atoms with Crippen molar-refractivity contribution in [3.63, 3.8) is 0 Å². The number of benzene rings is 2. The Morgan fingerprint density at radius 3 is 2.35 bits per heavy atom. The van der Waals surface area contributed by atoms with Gasteiger partial charge in [-0.05, 0) is 54.9 Å². The molecule has 1 fully saturated rings. The highest BCUT2D eigenvalue weighted by Crippen LogP contribution is 2.40. The molecule has 2 aromatic carbocycles. The monoisotopic (exact) mass is 691 g/mol. The van der Waals surface area contributed by atoms with Crippen LogP contribution in [0, 0.1) is 23.5 Å². The van der Waals surface area contributed by atoms with Crippen molar-refractivity contribution in [3.8, 4) is 0 Å². The smallest absolute Gasteiger partial charge is 0.392 e. The second kappa shape index (κ2) is 13.8.